The first-order valence-corrected chi connectivity index (χ1v) is 8.89. The van der Waals surface area contributed by atoms with Crippen molar-refractivity contribution in [3.05, 3.63) is 52.7 Å². The van der Waals surface area contributed by atoms with Gasteiger partial charge in [-0.1, -0.05) is 6.07 Å². The highest BCUT2D eigenvalue weighted by molar-refractivity contribution is 7.21. The molecule has 0 radical (unpaired) electrons. The van der Waals surface area contributed by atoms with E-state index in [0.29, 0.717) is 15.6 Å². The van der Waals surface area contributed by atoms with Gasteiger partial charge in [-0.25, -0.2) is 4.39 Å². The molecule has 1 aromatic heterocycles. The topological polar surface area (TPSA) is 56.8 Å². The van der Waals surface area contributed by atoms with Gasteiger partial charge in [-0.3, -0.25) is 4.79 Å². The lowest BCUT2D eigenvalue weighted by atomic mass is 10.1. The fourth-order valence-electron chi connectivity index (χ4n) is 2.76. The maximum absolute atomic E-state index is 14.2. The normalized spacial score (nSPS) is 11.1. The molecule has 3 aromatic rings. The highest BCUT2D eigenvalue weighted by Gasteiger charge is 2.21. The van der Waals surface area contributed by atoms with Crippen LogP contribution in [0.2, 0.25) is 0 Å². The smallest absolute Gasteiger partial charge is 0.387 e. The van der Waals surface area contributed by atoms with Crippen LogP contribution in [0.3, 0.4) is 0 Å². The molecule has 0 aliphatic heterocycles. The van der Waals surface area contributed by atoms with Crippen LogP contribution >= 0.6 is 11.3 Å². The van der Waals surface area contributed by atoms with Gasteiger partial charge in [-0.05, 0) is 24.3 Å². The first kappa shape index (κ1) is 20.0. The van der Waals surface area contributed by atoms with E-state index in [4.69, 9.17) is 9.47 Å². The predicted octanol–water partition coefficient (Wildman–Crippen LogP) is 5.05. The Morgan fingerprint density at radius 2 is 1.96 bits per heavy atom. The number of thiophene rings is 1. The fraction of sp³-hybridized carbons (Fsp3) is 0.211. The Hall–Kier alpha value is -2.78. The van der Waals surface area contributed by atoms with Crippen LogP contribution in [0.1, 0.15) is 15.2 Å². The number of ether oxygens (including phenoxy) is 3. The molecule has 0 fully saturated rings. The second kappa shape index (κ2) is 8.49. The summed E-state index contributed by atoms with van der Waals surface area (Å²) < 4.78 is 54.5. The third kappa shape index (κ3) is 4.05. The van der Waals surface area contributed by atoms with Crippen molar-refractivity contribution in [2.75, 3.05) is 19.5 Å². The molecular formula is C19H16F3NO4S. The van der Waals surface area contributed by atoms with Crippen molar-refractivity contribution >= 4 is 33.0 Å². The van der Waals surface area contributed by atoms with E-state index in [0.717, 1.165) is 11.3 Å². The summed E-state index contributed by atoms with van der Waals surface area (Å²) in [7, 11) is 2.76. The number of hydrogen-bond acceptors (Lipinski definition) is 5. The van der Waals surface area contributed by atoms with Crippen LogP contribution in [-0.4, -0.2) is 26.7 Å². The second-order valence-corrected chi connectivity index (χ2v) is 6.71. The second-order valence-electron chi connectivity index (χ2n) is 5.65. The molecule has 0 unspecified atom stereocenters. The summed E-state index contributed by atoms with van der Waals surface area (Å²) in [6.07, 6.45) is 0. The molecule has 28 heavy (non-hydrogen) atoms. The maximum Gasteiger partial charge on any atom is 0.387 e. The number of halogens is 3. The number of carbonyl (C=O) groups is 1. The molecule has 1 amide bonds. The molecule has 1 N–H and O–H groups in total. The Kier molecular flexibility index (Phi) is 6.05. The average Bonchev–Trinajstić information content (AvgIpc) is 3.02. The van der Waals surface area contributed by atoms with E-state index < -0.39 is 18.3 Å². The fourth-order valence-corrected chi connectivity index (χ4v) is 3.88. The van der Waals surface area contributed by atoms with Gasteiger partial charge < -0.3 is 19.5 Å². The van der Waals surface area contributed by atoms with Crippen molar-refractivity contribution in [1.82, 2.24) is 0 Å². The van der Waals surface area contributed by atoms with E-state index in [1.165, 1.54) is 38.5 Å². The van der Waals surface area contributed by atoms with Gasteiger partial charge in [0.05, 0.1) is 18.6 Å². The Morgan fingerprint density at radius 1 is 1.18 bits per heavy atom. The summed E-state index contributed by atoms with van der Waals surface area (Å²) in [6.45, 7) is -3.00. The molecule has 0 spiro atoms. The van der Waals surface area contributed by atoms with E-state index in [1.807, 2.05) is 0 Å². The molecule has 0 aliphatic rings. The van der Waals surface area contributed by atoms with Crippen molar-refractivity contribution < 1.29 is 32.2 Å². The van der Waals surface area contributed by atoms with Crippen molar-refractivity contribution in [2.45, 2.75) is 13.2 Å². The summed E-state index contributed by atoms with van der Waals surface area (Å²) in [5.41, 5.74) is 0.651. The maximum atomic E-state index is 14.2. The Balaban J connectivity index is 1.95. The molecule has 9 heteroatoms. The lowest BCUT2D eigenvalue weighted by Crippen LogP contribution is -2.13. The molecule has 2 aromatic carbocycles. The largest absolute Gasteiger partial charge is 0.493 e. The van der Waals surface area contributed by atoms with Crippen LogP contribution in [0, 0.1) is 5.82 Å². The van der Waals surface area contributed by atoms with E-state index in [2.05, 4.69) is 10.1 Å². The summed E-state index contributed by atoms with van der Waals surface area (Å²) in [5.74, 6) is -1.07. The molecule has 3 rings (SSSR count). The van der Waals surface area contributed by atoms with Gasteiger partial charge in [-0.15, -0.1) is 11.3 Å². The van der Waals surface area contributed by atoms with E-state index in [9.17, 15) is 18.0 Å². The minimum Gasteiger partial charge on any atom is -0.493 e. The van der Waals surface area contributed by atoms with Crippen LogP contribution in [-0.2, 0) is 11.3 Å². The first-order chi connectivity index (χ1) is 13.4. The SMILES string of the molecule is COCc1c(C(=O)Nc2ccc(OC)c(OC(F)F)c2)sc2cccc(F)c12. The lowest BCUT2D eigenvalue weighted by Gasteiger charge is -2.12. The van der Waals surface area contributed by atoms with Crippen LogP contribution < -0.4 is 14.8 Å². The van der Waals surface area contributed by atoms with Crippen molar-refractivity contribution in [3.63, 3.8) is 0 Å². The van der Waals surface area contributed by atoms with E-state index in [-0.39, 0.29) is 28.7 Å². The molecule has 5 nitrogen and oxygen atoms in total. The number of carbonyl (C=O) groups excluding carboxylic acids is 1. The van der Waals surface area contributed by atoms with Gasteiger partial charge in [0, 0.05) is 34.5 Å². The van der Waals surface area contributed by atoms with Crippen molar-refractivity contribution in [2.24, 2.45) is 0 Å². The van der Waals surface area contributed by atoms with Gasteiger partial charge in [0.25, 0.3) is 5.91 Å². The number of rotatable bonds is 7. The van der Waals surface area contributed by atoms with Crippen molar-refractivity contribution in [3.8, 4) is 11.5 Å². The van der Waals surface area contributed by atoms with Gasteiger partial charge in [0.15, 0.2) is 11.5 Å². The minimum atomic E-state index is -3.04. The number of alkyl halides is 2. The van der Waals surface area contributed by atoms with Crippen molar-refractivity contribution in [1.29, 1.82) is 0 Å². The zero-order valence-corrected chi connectivity index (χ0v) is 15.7. The van der Waals surface area contributed by atoms with E-state index in [1.54, 1.807) is 12.1 Å². The van der Waals surface area contributed by atoms with Crippen LogP contribution in [0.25, 0.3) is 10.1 Å². The highest BCUT2D eigenvalue weighted by Crippen LogP contribution is 2.35. The summed E-state index contributed by atoms with van der Waals surface area (Å²) in [6, 6.07) is 8.69. The number of methoxy groups -OCH3 is 2. The molecule has 0 bridgehead atoms. The lowest BCUT2D eigenvalue weighted by molar-refractivity contribution is -0.0511. The molecule has 0 atom stereocenters. The quantitative estimate of drug-likeness (QED) is 0.591. The average molecular weight is 411 g/mol. The van der Waals surface area contributed by atoms with Gasteiger partial charge in [0.1, 0.15) is 5.82 Å². The predicted molar refractivity (Wildman–Crippen MR) is 100 cm³/mol. The molecule has 0 aliphatic carbocycles. The number of benzene rings is 2. The molecule has 1 heterocycles. The van der Waals surface area contributed by atoms with E-state index >= 15 is 0 Å². The molecule has 0 saturated carbocycles. The van der Waals surface area contributed by atoms with Gasteiger partial charge in [0.2, 0.25) is 0 Å². The molecular weight excluding hydrogens is 395 g/mol. The van der Waals surface area contributed by atoms with Gasteiger partial charge >= 0.3 is 6.61 Å². The third-order valence-electron chi connectivity index (χ3n) is 3.90. The molecule has 148 valence electrons. The number of anilines is 1. The standard InChI is InChI=1S/C19H16F3NO4S/c1-25-9-11-16-12(20)4-3-5-15(16)28-17(11)18(24)23-10-6-7-13(26-2)14(8-10)27-19(21)22/h3-8,19H,9H2,1-2H3,(H,23,24). The summed E-state index contributed by atoms with van der Waals surface area (Å²) in [4.78, 5) is 13.1. The van der Waals surface area contributed by atoms with Crippen LogP contribution in [0.4, 0.5) is 18.9 Å². The van der Waals surface area contributed by atoms with Gasteiger partial charge in [-0.2, -0.15) is 8.78 Å². The summed E-state index contributed by atoms with van der Waals surface area (Å²) >= 11 is 1.12. The highest BCUT2D eigenvalue weighted by atomic mass is 32.1. The zero-order chi connectivity index (χ0) is 20.3. The number of hydrogen-bond donors (Lipinski definition) is 1. The number of nitrogens with one attached hydrogen (secondary N) is 1. The number of fused-ring (bicyclic) bond motifs is 1. The molecule has 0 saturated heterocycles. The zero-order valence-electron chi connectivity index (χ0n) is 14.9. The monoisotopic (exact) mass is 411 g/mol. The third-order valence-corrected chi connectivity index (χ3v) is 5.09. The van der Waals surface area contributed by atoms with Crippen LogP contribution in [0.15, 0.2) is 36.4 Å². The Labute approximate surface area is 162 Å². The Bertz CT molecular complexity index is 1010. The Morgan fingerprint density at radius 3 is 2.64 bits per heavy atom. The first-order valence-electron chi connectivity index (χ1n) is 8.07. The van der Waals surface area contributed by atoms with Crippen LogP contribution in [0.5, 0.6) is 11.5 Å². The minimum absolute atomic E-state index is 0.0477. The summed E-state index contributed by atoms with van der Waals surface area (Å²) in [5, 5.41) is 2.95. The number of amides is 1.